The molecule has 1 fully saturated rings. The summed E-state index contributed by atoms with van der Waals surface area (Å²) in [7, 11) is 1.34. The average molecular weight is 311 g/mol. The Hall–Kier alpha value is -1.52. The molecule has 0 saturated heterocycles. The summed E-state index contributed by atoms with van der Waals surface area (Å²) in [5.74, 6) is -3.14. The number of halogens is 2. The Balaban J connectivity index is 2.47. The lowest BCUT2D eigenvalue weighted by molar-refractivity contribution is -0.0141. The number of methoxy groups -OCH3 is 1. The van der Waals surface area contributed by atoms with Crippen molar-refractivity contribution in [3.05, 3.63) is 28.1 Å². The summed E-state index contributed by atoms with van der Waals surface area (Å²) in [6, 6.07) is 0. The number of rotatable bonds is 2. The smallest absolute Gasteiger partial charge is 0.340 e. The van der Waals surface area contributed by atoms with E-state index in [4.69, 9.17) is 4.74 Å². The standard InChI is InChI=1S/C17H23F2NO2/c1-10-11(2)14(16(21)22-4)15(20-12(10)3)13-6-5-8-17(18,19)9-7-13/h13H,5-9H2,1-4H3. The number of pyridine rings is 1. The molecule has 0 amide bonds. The maximum atomic E-state index is 13.6. The molecule has 0 spiro atoms. The lowest BCUT2D eigenvalue weighted by Gasteiger charge is -2.21. The van der Waals surface area contributed by atoms with Crippen molar-refractivity contribution in [3.63, 3.8) is 0 Å². The number of ether oxygens (including phenoxy) is 1. The molecule has 1 unspecified atom stereocenters. The van der Waals surface area contributed by atoms with Crippen LogP contribution < -0.4 is 0 Å². The summed E-state index contributed by atoms with van der Waals surface area (Å²) >= 11 is 0. The molecule has 0 aromatic carbocycles. The van der Waals surface area contributed by atoms with E-state index in [-0.39, 0.29) is 18.8 Å². The van der Waals surface area contributed by atoms with Crippen LogP contribution in [0.3, 0.4) is 0 Å². The molecule has 122 valence electrons. The Morgan fingerprint density at radius 3 is 2.50 bits per heavy atom. The van der Waals surface area contributed by atoms with Gasteiger partial charge in [0.1, 0.15) is 0 Å². The molecular formula is C17H23F2NO2. The summed E-state index contributed by atoms with van der Waals surface area (Å²) in [6.45, 7) is 5.67. The summed E-state index contributed by atoms with van der Waals surface area (Å²) in [5, 5.41) is 0. The second-order valence-electron chi connectivity index (χ2n) is 6.18. The van der Waals surface area contributed by atoms with Gasteiger partial charge in [0, 0.05) is 24.5 Å². The molecule has 1 aromatic rings. The fraction of sp³-hybridized carbons (Fsp3) is 0.647. The van der Waals surface area contributed by atoms with Gasteiger partial charge in [-0.05, 0) is 51.2 Å². The Morgan fingerprint density at radius 1 is 1.18 bits per heavy atom. The van der Waals surface area contributed by atoms with E-state index in [0.717, 1.165) is 16.8 Å². The molecule has 1 heterocycles. The summed E-state index contributed by atoms with van der Waals surface area (Å²) in [6.07, 6.45) is 1.21. The third-order valence-corrected chi connectivity index (χ3v) is 4.75. The van der Waals surface area contributed by atoms with Gasteiger partial charge in [0.25, 0.3) is 0 Å². The highest BCUT2D eigenvalue weighted by Crippen LogP contribution is 2.40. The first-order chi connectivity index (χ1) is 10.3. The molecule has 1 aromatic heterocycles. The number of alkyl halides is 2. The van der Waals surface area contributed by atoms with Crippen molar-refractivity contribution in [3.8, 4) is 0 Å². The van der Waals surface area contributed by atoms with Crippen LogP contribution in [0.2, 0.25) is 0 Å². The third kappa shape index (κ3) is 3.28. The fourth-order valence-corrected chi connectivity index (χ4v) is 3.16. The third-order valence-electron chi connectivity index (χ3n) is 4.75. The number of aromatic nitrogens is 1. The first-order valence-electron chi connectivity index (χ1n) is 7.70. The predicted molar refractivity (Wildman–Crippen MR) is 80.6 cm³/mol. The molecule has 5 heteroatoms. The van der Waals surface area contributed by atoms with Crippen molar-refractivity contribution in [1.29, 1.82) is 0 Å². The average Bonchev–Trinajstić information content (AvgIpc) is 2.64. The van der Waals surface area contributed by atoms with Gasteiger partial charge in [0.05, 0.1) is 18.4 Å². The number of nitrogens with zero attached hydrogens (tertiary/aromatic N) is 1. The molecule has 0 bridgehead atoms. The van der Waals surface area contributed by atoms with Gasteiger partial charge >= 0.3 is 5.97 Å². The maximum absolute atomic E-state index is 13.6. The maximum Gasteiger partial charge on any atom is 0.340 e. The zero-order chi connectivity index (χ0) is 16.5. The monoisotopic (exact) mass is 311 g/mol. The second kappa shape index (κ2) is 6.31. The van der Waals surface area contributed by atoms with Crippen LogP contribution in [0.15, 0.2) is 0 Å². The predicted octanol–water partition coefficient (Wildman–Crippen LogP) is 4.48. The Bertz CT molecular complexity index is 585. The van der Waals surface area contributed by atoms with E-state index in [0.29, 0.717) is 30.5 Å². The summed E-state index contributed by atoms with van der Waals surface area (Å²) in [5.41, 5.74) is 3.72. The minimum atomic E-state index is -2.60. The molecule has 1 aliphatic carbocycles. The number of aryl methyl sites for hydroxylation is 1. The van der Waals surface area contributed by atoms with Crippen LogP contribution in [0.5, 0.6) is 0 Å². The van der Waals surface area contributed by atoms with Gasteiger partial charge < -0.3 is 4.74 Å². The van der Waals surface area contributed by atoms with Crippen LogP contribution in [0.1, 0.15) is 70.9 Å². The lowest BCUT2D eigenvalue weighted by atomic mass is 9.89. The molecule has 2 rings (SSSR count). The summed E-state index contributed by atoms with van der Waals surface area (Å²) < 4.78 is 32.1. The van der Waals surface area contributed by atoms with Crippen LogP contribution in [-0.2, 0) is 4.74 Å². The molecule has 1 atom stereocenters. The largest absolute Gasteiger partial charge is 0.465 e. The van der Waals surface area contributed by atoms with Crippen molar-refractivity contribution < 1.29 is 18.3 Å². The first-order valence-corrected chi connectivity index (χ1v) is 7.70. The Morgan fingerprint density at radius 2 is 1.86 bits per heavy atom. The van der Waals surface area contributed by atoms with Crippen molar-refractivity contribution in [2.75, 3.05) is 7.11 Å². The molecule has 1 saturated carbocycles. The van der Waals surface area contributed by atoms with Gasteiger partial charge in [-0.2, -0.15) is 0 Å². The number of carbonyl (C=O) groups is 1. The van der Waals surface area contributed by atoms with Crippen LogP contribution in [0.4, 0.5) is 8.78 Å². The van der Waals surface area contributed by atoms with E-state index >= 15 is 0 Å². The molecular weight excluding hydrogens is 288 g/mol. The van der Waals surface area contributed by atoms with Crippen LogP contribution >= 0.6 is 0 Å². The SMILES string of the molecule is COC(=O)c1c(C2CCCC(F)(F)CC2)nc(C)c(C)c1C. The quantitative estimate of drug-likeness (QED) is 0.597. The highest BCUT2D eigenvalue weighted by atomic mass is 19.3. The van der Waals surface area contributed by atoms with Gasteiger partial charge in [-0.25, -0.2) is 13.6 Å². The van der Waals surface area contributed by atoms with E-state index in [1.54, 1.807) is 0 Å². The van der Waals surface area contributed by atoms with Crippen molar-refractivity contribution in [2.45, 2.75) is 64.7 Å². The van der Waals surface area contributed by atoms with Crippen molar-refractivity contribution in [1.82, 2.24) is 4.98 Å². The zero-order valence-corrected chi connectivity index (χ0v) is 13.6. The number of esters is 1. The van der Waals surface area contributed by atoms with Gasteiger partial charge in [0.2, 0.25) is 5.92 Å². The number of hydrogen-bond donors (Lipinski definition) is 0. The van der Waals surface area contributed by atoms with Gasteiger partial charge in [0.15, 0.2) is 0 Å². The minimum absolute atomic E-state index is 0.0825. The van der Waals surface area contributed by atoms with Crippen LogP contribution in [-0.4, -0.2) is 24.0 Å². The molecule has 0 radical (unpaired) electrons. The van der Waals surface area contributed by atoms with E-state index < -0.39 is 11.9 Å². The minimum Gasteiger partial charge on any atom is -0.465 e. The zero-order valence-electron chi connectivity index (χ0n) is 13.6. The molecule has 0 N–H and O–H groups in total. The topological polar surface area (TPSA) is 39.2 Å². The van der Waals surface area contributed by atoms with Crippen molar-refractivity contribution in [2.24, 2.45) is 0 Å². The number of hydrogen-bond acceptors (Lipinski definition) is 3. The van der Waals surface area contributed by atoms with E-state index in [2.05, 4.69) is 4.98 Å². The van der Waals surface area contributed by atoms with Crippen molar-refractivity contribution >= 4 is 5.97 Å². The van der Waals surface area contributed by atoms with Gasteiger partial charge in [-0.15, -0.1) is 0 Å². The highest BCUT2D eigenvalue weighted by molar-refractivity contribution is 5.92. The van der Waals surface area contributed by atoms with Gasteiger partial charge in [-0.1, -0.05) is 0 Å². The van der Waals surface area contributed by atoms with E-state index in [1.165, 1.54) is 7.11 Å². The number of carbonyl (C=O) groups excluding carboxylic acids is 1. The molecule has 0 aliphatic heterocycles. The second-order valence-corrected chi connectivity index (χ2v) is 6.18. The normalized spacial score (nSPS) is 21.3. The van der Waals surface area contributed by atoms with Crippen LogP contribution in [0, 0.1) is 20.8 Å². The first kappa shape index (κ1) is 16.8. The fourth-order valence-electron chi connectivity index (χ4n) is 3.16. The molecule has 1 aliphatic rings. The molecule has 22 heavy (non-hydrogen) atoms. The summed E-state index contributed by atoms with van der Waals surface area (Å²) in [4.78, 5) is 16.7. The lowest BCUT2D eigenvalue weighted by Crippen LogP contribution is -2.17. The molecule has 3 nitrogen and oxygen atoms in total. The van der Waals surface area contributed by atoms with Crippen LogP contribution in [0.25, 0.3) is 0 Å². The Kier molecular flexibility index (Phi) is 4.83. The van der Waals surface area contributed by atoms with E-state index in [9.17, 15) is 13.6 Å². The van der Waals surface area contributed by atoms with Gasteiger partial charge in [-0.3, -0.25) is 4.98 Å². The highest BCUT2D eigenvalue weighted by Gasteiger charge is 2.35. The Labute approximate surface area is 130 Å². The van der Waals surface area contributed by atoms with E-state index in [1.807, 2.05) is 20.8 Å².